The van der Waals surface area contributed by atoms with Crippen molar-refractivity contribution in [1.82, 2.24) is 4.72 Å². The van der Waals surface area contributed by atoms with Gasteiger partial charge in [0.25, 0.3) is 0 Å². The molecule has 20 heavy (non-hydrogen) atoms. The lowest BCUT2D eigenvalue weighted by Crippen LogP contribution is -2.27. The molecule has 0 amide bonds. The number of anilines is 1. The molecule has 6 nitrogen and oxygen atoms in total. The molecule has 0 fully saturated rings. The number of nitrogen functional groups attached to an aromatic ring is 1. The summed E-state index contributed by atoms with van der Waals surface area (Å²) in [4.78, 5) is 0.207. The molecular formula is C13H23N3O3S. The number of ether oxygens (including phenoxy) is 1. The molecule has 0 aliphatic heterocycles. The van der Waals surface area contributed by atoms with Gasteiger partial charge in [0.15, 0.2) is 0 Å². The fraction of sp³-hybridized carbons (Fsp3) is 0.538. The van der Waals surface area contributed by atoms with Gasteiger partial charge in [0, 0.05) is 18.8 Å². The van der Waals surface area contributed by atoms with Gasteiger partial charge in [0.2, 0.25) is 10.0 Å². The zero-order valence-electron chi connectivity index (χ0n) is 11.9. The summed E-state index contributed by atoms with van der Waals surface area (Å²) in [6.07, 6.45) is 0.973. The van der Waals surface area contributed by atoms with Gasteiger partial charge in [0.1, 0.15) is 0 Å². The summed E-state index contributed by atoms with van der Waals surface area (Å²) in [6.45, 7) is 5.51. The monoisotopic (exact) mass is 301 g/mol. The van der Waals surface area contributed by atoms with Crippen molar-refractivity contribution in [3.8, 4) is 0 Å². The summed E-state index contributed by atoms with van der Waals surface area (Å²) in [5.74, 6) is 5.81. The lowest BCUT2D eigenvalue weighted by Gasteiger charge is -2.09. The lowest BCUT2D eigenvalue weighted by molar-refractivity contribution is 0.128. The molecule has 7 heteroatoms. The van der Waals surface area contributed by atoms with Gasteiger partial charge in [-0.1, -0.05) is 13.8 Å². The first-order chi connectivity index (χ1) is 9.45. The van der Waals surface area contributed by atoms with Crippen LogP contribution in [0.25, 0.3) is 0 Å². The van der Waals surface area contributed by atoms with Gasteiger partial charge in [-0.2, -0.15) is 0 Å². The van der Waals surface area contributed by atoms with Gasteiger partial charge in [-0.3, -0.25) is 5.84 Å². The Morgan fingerprint density at radius 2 is 1.85 bits per heavy atom. The first-order valence-corrected chi connectivity index (χ1v) is 8.08. The summed E-state index contributed by atoms with van der Waals surface area (Å²) in [6, 6.07) is 6.20. The largest absolute Gasteiger partial charge is 0.380 e. The first kappa shape index (κ1) is 16.9. The van der Waals surface area contributed by atoms with Crippen LogP contribution in [0.3, 0.4) is 0 Å². The van der Waals surface area contributed by atoms with E-state index in [0.717, 1.165) is 6.42 Å². The first-order valence-electron chi connectivity index (χ1n) is 6.60. The SMILES string of the molecule is CC(C)CCOCCNS(=O)(=O)c1ccc(NN)cc1. The van der Waals surface area contributed by atoms with E-state index in [1.807, 2.05) is 0 Å². The van der Waals surface area contributed by atoms with E-state index in [2.05, 4.69) is 24.0 Å². The Morgan fingerprint density at radius 1 is 1.20 bits per heavy atom. The Morgan fingerprint density at radius 3 is 2.40 bits per heavy atom. The van der Waals surface area contributed by atoms with Crippen LogP contribution in [0, 0.1) is 5.92 Å². The van der Waals surface area contributed by atoms with Crippen LogP contribution in [-0.2, 0) is 14.8 Å². The Kier molecular flexibility index (Phi) is 6.94. The predicted molar refractivity (Wildman–Crippen MR) is 79.7 cm³/mol. The topological polar surface area (TPSA) is 93.4 Å². The average molecular weight is 301 g/mol. The molecule has 0 aliphatic carbocycles. The third-order valence-corrected chi connectivity index (χ3v) is 4.19. The molecule has 1 aromatic rings. The van der Waals surface area contributed by atoms with Crippen LogP contribution in [-0.4, -0.2) is 28.2 Å². The summed E-state index contributed by atoms with van der Waals surface area (Å²) < 4.78 is 31.8. The highest BCUT2D eigenvalue weighted by atomic mass is 32.2. The maximum atomic E-state index is 12.0. The molecule has 0 bridgehead atoms. The molecule has 0 atom stereocenters. The molecule has 4 N–H and O–H groups in total. The summed E-state index contributed by atoms with van der Waals surface area (Å²) >= 11 is 0. The molecule has 0 heterocycles. The van der Waals surface area contributed by atoms with Crippen LogP contribution >= 0.6 is 0 Å². The number of nitrogens with one attached hydrogen (secondary N) is 2. The van der Waals surface area contributed by atoms with Crippen LogP contribution in [0.2, 0.25) is 0 Å². The number of hydrogen-bond donors (Lipinski definition) is 3. The molecule has 0 saturated carbocycles. The molecule has 0 aromatic heterocycles. The third kappa shape index (κ3) is 5.87. The molecule has 0 radical (unpaired) electrons. The number of nitrogens with two attached hydrogens (primary N) is 1. The van der Waals surface area contributed by atoms with E-state index in [1.54, 1.807) is 12.1 Å². The molecular weight excluding hydrogens is 278 g/mol. The molecule has 114 valence electrons. The van der Waals surface area contributed by atoms with Crippen LogP contribution in [0.5, 0.6) is 0 Å². The highest BCUT2D eigenvalue weighted by molar-refractivity contribution is 7.89. The minimum Gasteiger partial charge on any atom is -0.380 e. The van der Waals surface area contributed by atoms with Crippen LogP contribution < -0.4 is 16.0 Å². The maximum absolute atomic E-state index is 12.0. The second kappa shape index (κ2) is 8.21. The van der Waals surface area contributed by atoms with Gasteiger partial charge in [-0.15, -0.1) is 0 Å². The third-order valence-electron chi connectivity index (χ3n) is 2.71. The van der Waals surface area contributed by atoms with E-state index in [1.165, 1.54) is 12.1 Å². The normalized spacial score (nSPS) is 11.8. The minimum atomic E-state index is -3.49. The minimum absolute atomic E-state index is 0.207. The van der Waals surface area contributed by atoms with Gasteiger partial charge < -0.3 is 10.2 Å². The molecule has 1 aromatic carbocycles. The molecule has 0 aliphatic rings. The van der Waals surface area contributed by atoms with Crippen LogP contribution in [0.15, 0.2) is 29.2 Å². The van der Waals surface area contributed by atoms with Crippen molar-refractivity contribution in [3.63, 3.8) is 0 Å². The van der Waals surface area contributed by atoms with Gasteiger partial charge >= 0.3 is 0 Å². The van der Waals surface area contributed by atoms with Gasteiger partial charge in [0.05, 0.1) is 11.5 Å². The van der Waals surface area contributed by atoms with E-state index in [-0.39, 0.29) is 11.4 Å². The van der Waals surface area contributed by atoms with Crippen molar-refractivity contribution in [2.45, 2.75) is 25.2 Å². The molecule has 0 saturated heterocycles. The molecule has 1 rings (SSSR count). The zero-order valence-corrected chi connectivity index (χ0v) is 12.7. The van der Waals surface area contributed by atoms with Crippen LogP contribution in [0.1, 0.15) is 20.3 Å². The highest BCUT2D eigenvalue weighted by Crippen LogP contribution is 2.12. The Bertz CT molecular complexity index is 486. The second-order valence-corrected chi connectivity index (χ2v) is 6.63. The Hall–Kier alpha value is -1.15. The zero-order chi connectivity index (χ0) is 15.0. The van der Waals surface area contributed by atoms with Crippen molar-refractivity contribution >= 4 is 15.7 Å². The van der Waals surface area contributed by atoms with Crippen molar-refractivity contribution in [3.05, 3.63) is 24.3 Å². The van der Waals surface area contributed by atoms with E-state index < -0.39 is 10.0 Å². The fourth-order valence-electron chi connectivity index (χ4n) is 1.48. The number of hydrogen-bond acceptors (Lipinski definition) is 5. The number of rotatable bonds is 9. The van der Waals surface area contributed by atoms with E-state index in [9.17, 15) is 8.42 Å². The number of benzene rings is 1. The molecule has 0 spiro atoms. The summed E-state index contributed by atoms with van der Waals surface area (Å²) in [5.41, 5.74) is 3.10. The van der Waals surface area contributed by atoms with E-state index >= 15 is 0 Å². The Balaban J connectivity index is 2.37. The van der Waals surface area contributed by atoms with Crippen molar-refractivity contribution in [1.29, 1.82) is 0 Å². The van der Waals surface area contributed by atoms with Gasteiger partial charge in [-0.05, 0) is 36.6 Å². The summed E-state index contributed by atoms with van der Waals surface area (Å²) in [5, 5.41) is 0. The fourth-order valence-corrected chi connectivity index (χ4v) is 2.50. The van der Waals surface area contributed by atoms with Crippen LogP contribution in [0.4, 0.5) is 5.69 Å². The second-order valence-electron chi connectivity index (χ2n) is 4.86. The van der Waals surface area contributed by atoms with Crippen molar-refractivity contribution in [2.75, 3.05) is 25.2 Å². The molecule has 0 unspecified atom stereocenters. The van der Waals surface area contributed by atoms with E-state index in [0.29, 0.717) is 24.8 Å². The highest BCUT2D eigenvalue weighted by Gasteiger charge is 2.12. The van der Waals surface area contributed by atoms with E-state index in [4.69, 9.17) is 10.6 Å². The van der Waals surface area contributed by atoms with Gasteiger partial charge in [-0.25, -0.2) is 13.1 Å². The van der Waals surface area contributed by atoms with Crippen molar-refractivity contribution < 1.29 is 13.2 Å². The predicted octanol–water partition coefficient (Wildman–Crippen LogP) is 1.31. The lowest BCUT2D eigenvalue weighted by atomic mass is 10.1. The standard InChI is InChI=1S/C13H23N3O3S/c1-11(2)7-9-19-10-8-15-20(17,18)13-5-3-12(16-14)4-6-13/h3-6,11,15-16H,7-10,14H2,1-2H3. The average Bonchev–Trinajstić information content (AvgIpc) is 2.42. The quantitative estimate of drug-likeness (QED) is 0.363. The number of hydrazine groups is 1. The van der Waals surface area contributed by atoms with Crippen molar-refractivity contribution in [2.24, 2.45) is 11.8 Å². The Labute approximate surface area is 120 Å². The smallest absolute Gasteiger partial charge is 0.240 e. The summed E-state index contributed by atoms with van der Waals surface area (Å²) in [7, 11) is -3.49. The maximum Gasteiger partial charge on any atom is 0.240 e. The number of sulfonamides is 1.